The number of rotatable bonds is 3. The highest BCUT2D eigenvalue weighted by molar-refractivity contribution is 14.1. The van der Waals surface area contributed by atoms with E-state index in [4.69, 9.17) is 5.73 Å². The number of carbonyl (C=O) groups excluding carboxylic acids is 1. The molecule has 0 aliphatic heterocycles. The van der Waals surface area contributed by atoms with E-state index in [1.54, 1.807) is 0 Å². The van der Waals surface area contributed by atoms with Gasteiger partial charge in [0.25, 0.3) is 5.41 Å². The van der Waals surface area contributed by atoms with Crippen LogP contribution in [-0.4, -0.2) is 24.4 Å². The van der Waals surface area contributed by atoms with Gasteiger partial charge < -0.3 is 5.73 Å². The first-order chi connectivity index (χ1) is 10.6. The maximum atomic E-state index is 12.9. The summed E-state index contributed by atoms with van der Waals surface area (Å²) >= 11 is 1.44. The van der Waals surface area contributed by atoms with E-state index in [0.29, 0.717) is 12.1 Å². The summed E-state index contributed by atoms with van der Waals surface area (Å²) in [6.45, 7) is 0. The predicted octanol–water partition coefficient (Wildman–Crippen LogP) is 4.57. The average Bonchev–Trinajstić information content (AvgIpc) is 2.33. The number of hydrogen-bond acceptors (Lipinski definition) is 1. The normalized spacial score (nSPS) is 15.2. The van der Waals surface area contributed by atoms with E-state index < -0.39 is 39.3 Å². The Morgan fingerprint density at radius 3 is 1.42 bits per heavy atom. The monoisotopic (exact) mass is 479 g/mol. The fourth-order valence-corrected chi connectivity index (χ4v) is 2.45. The lowest BCUT2D eigenvalue weighted by atomic mass is 9.77. The Kier molecular flexibility index (Phi) is 5.43. The van der Waals surface area contributed by atoms with Crippen molar-refractivity contribution in [1.82, 2.24) is 0 Å². The minimum atomic E-state index is -6.68. The number of amides is 1. The highest BCUT2D eigenvalue weighted by Crippen LogP contribution is 2.60. The number of benzene rings is 1. The predicted molar refractivity (Wildman–Crippen MR) is 72.2 cm³/mol. The molecule has 0 radical (unpaired) electrons. The Labute approximate surface area is 142 Å². The van der Waals surface area contributed by atoms with E-state index in [1.807, 2.05) is 0 Å². The molecule has 1 amide bonds. The number of halogens is 10. The first-order valence-electron chi connectivity index (χ1n) is 5.81. The lowest BCUT2D eigenvalue weighted by Gasteiger charge is -2.39. The van der Waals surface area contributed by atoms with Crippen LogP contribution in [0.5, 0.6) is 0 Å². The molecule has 0 aromatic heterocycles. The van der Waals surface area contributed by atoms with Gasteiger partial charge in [0.1, 0.15) is 3.92 Å². The van der Waals surface area contributed by atoms with Gasteiger partial charge in [-0.2, -0.15) is 39.5 Å². The third-order valence-corrected chi connectivity index (χ3v) is 4.49. The van der Waals surface area contributed by atoms with Gasteiger partial charge in [-0.1, -0.05) is 46.9 Å². The Bertz CT molecular complexity index is 567. The molecule has 136 valence electrons. The van der Waals surface area contributed by atoms with E-state index in [-0.39, 0.29) is 17.7 Å². The van der Waals surface area contributed by atoms with Gasteiger partial charge in [0.05, 0.1) is 0 Å². The molecule has 0 spiro atoms. The molecule has 12 heteroatoms. The van der Waals surface area contributed by atoms with E-state index in [1.165, 1.54) is 22.6 Å². The molecule has 2 nitrogen and oxygen atoms in total. The number of hydrogen-bond donors (Lipinski definition) is 1. The molecule has 0 saturated heterocycles. The first-order valence-corrected chi connectivity index (χ1v) is 7.06. The van der Waals surface area contributed by atoms with Crippen LogP contribution in [0, 0.1) is 0 Å². The second-order valence-electron chi connectivity index (χ2n) is 4.63. The van der Waals surface area contributed by atoms with Crippen LogP contribution in [0.1, 0.15) is 15.1 Å². The molecular weight excluding hydrogens is 472 g/mol. The van der Waals surface area contributed by atoms with Crippen molar-refractivity contribution in [2.24, 2.45) is 5.73 Å². The highest BCUT2D eigenvalue weighted by Gasteiger charge is 2.84. The summed E-state index contributed by atoms with van der Waals surface area (Å²) in [7, 11) is 0. The fraction of sp³-hybridized carbons (Fsp3) is 0.417. The van der Waals surface area contributed by atoms with Crippen LogP contribution >= 0.6 is 22.6 Å². The number of primary amides is 1. The summed E-state index contributed by atoms with van der Waals surface area (Å²) in [5.74, 6) is -0.961. The molecule has 1 aromatic carbocycles. The standard InChI is InChI=1S/C12H7F9INO/c13-10(14,15)9(11(16,17)18,12(19,20)21)6-3-1-5(2-4-6)7(22)8(23)24/h1-4,7H,(H2,23,24). The fourth-order valence-electron chi connectivity index (χ4n) is 2.04. The summed E-state index contributed by atoms with van der Waals surface area (Å²) in [6.07, 6.45) is -20.0. The third kappa shape index (κ3) is 3.28. The Morgan fingerprint density at radius 1 is 0.833 bits per heavy atom. The van der Waals surface area contributed by atoms with E-state index in [0.717, 1.165) is 0 Å². The quantitative estimate of drug-likeness (QED) is 0.386. The molecule has 0 bridgehead atoms. The van der Waals surface area contributed by atoms with Crippen LogP contribution in [0.4, 0.5) is 39.5 Å². The number of alkyl halides is 10. The lowest BCUT2D eigenvalue weighted by Crippen LogP contribution is -2.63. The largest absolute Gasteiger partial charge is 0.416 e. The van der Waals surface area contributed by atoms with Crippen LogP contribution in [0.2, 0.25) is 0 Å². The lowest BCUT2D eigenvalue weighted by molar-refractivity contribution is -0.387. The zero-order valence-electron chi connectivity index (χ0n) is 11.2. The Hall–Kier alpha value is -1.21. The summed E-state index contributed by atoms with van der Waals surface area (Å²) in [4.78, 5) is 10.9. The molecule has 0 saturated carbocycles. The second kappa shape index (κ2) is 6.26. The minimum absolute atomic E-state index is 0.0401. The van der Waals surface area contributed by atoms with Gasteiger partial charge in [0.15, 0.2) is 0 Å². The van der Waals surface area contributed by atoms with E-state index in [2.05, 4.69) is 0 Å². The van der Waals surface area contributed by atoms with Gasteiger partial charge in [-0.05, 0) is 11.1 Å². The molecule has 0 aliphatic carbocycles. The van der Waals surface area contributed by atoms with Crippen LogP contribution in [0.15, 0.2) is 24.3 Å². The van der Waals surface area contributed by atoms with Crippen molar-refractivity contribution in [3.05, 3.63) is 35.4 Å². The molecule has 0 aliphatic rings. The van der Waals surface area contributed by atoms with Crippen molar-refractivity contribution >= 4 is 28.5 Å². The zero-order chi connectivity index (χ0) is 19.1. The van der Waals surface area contributed by atoms with Crippen LogP contribution < -0.4 is 5.73 Å². The van der Waals surface area contributed by atoms with Gasteiger partial charge in [-0.3, -0.25) is 4.79 Å². The summed E-state index contributed by atoms with van der Waals surface area (Å²) in [6, 6.07) is 1.21. The molecule has 2 N–H and O–H groups in total. The number of nitrogens with two attached hydrogens (primary N) is 1. The highest BCUT2D eigenvalue weighted by atomic mass is 127. The maximum Gasteiger partial charge on any atom is 0.416 e. The minimum Gasteiger partial charge on any atom is -0.368 e. The summed E-state index contributed by atoms with van der Waals surface area (Å²) < 4.78 is 115. The van der Waals surface area contributed by atoms with E-state index >= 15 is 0 Å². The van der Waals surface area contributed by atoms with Crippen LogP contribution in [-0.2, 0) is 10.2 Å². The van der Waals surface area contributed by atoms with Crippen LogP contribution in [0.25, 0.3) is 0 Å². The van der Waals surface area contributed by atoms with Crippen molar-refractivity contribution < 1.29 is 44.3 Å². The van der Waals surface area contributed by atoms with Gasteiger partial charge in [-0.25, -0.2) is 0 Å². The second-order valence-corrected chi connectivity index (χ2v) is 5.88. The van der Waals surface area contributed by atoms with Gasteiger partial charge in [0, 0.05) is 0 Å². The Balaban J connectivity index is 3.67. The molecule has 1 unspecified atom stereocenters. The van der Waals surface area contributed by atoms with Gasteiger partial charge in [-0.15, -0.1) is 0 Å². The van der Waals surface area contributed by atoms with Crippen molar-refractivity contribution in [3.63, 3.8) is 0 Å². The van der Waals surface area contributed by atoms with Gasteiger partial charge in [0.2, 0.25) is 5.91 Å². The molecular formula is C12H7F9INO. The SMILES string of the molecule is NC(=O)C(I)c1ccc(C(C(F)(F)F)(C(F)(F)F)C(F)(F)F)cc1. The van der Waals surface area contributed by atoms with Crippen LogP contribution in [0.3, 0.4) is 0 Å². The van der Waals surface area contributed by atoms with E-state index in [9.17, 15) is 44.3 Å². The first kappa shape index (κ1) is 20.8. The van der Waals surface area contributed by atoms with Crippen molar-refractivity contribution in [3.8, 4) is 0 Å². The third-order valence-electron chi connectivity index (χ3n) is 3.16. The smallest absolute Gasteiger partial charge is 0.368 e. The average molecular weight is 479 g/mol. The van der Waals surface area contributed by atoms with Crippen molar-refractivity contribution in [1.29, 1.82) is 0 Å². The van der Waals surface area contributed by atoms with Gasteiger partial charge >= 0.3 is 18.5 Å². The molecule has 1 atom stereocenters. The maximum absolute atomic E-state index is 12.9. The molecule has 1 rings (SSSR count). The van der Waals surface area contributed by atoms with Crippen molar-refractivity contribution in [2.75, 3.05) is 0 Å². The molecule has 0 heterocycles. The summed E-state index contributed by atoms with van der Waals surface area (Å²) in [5, 5.41) is 0. The number of carbonyl (C=O) groups is 1. The topological polar surface area (TPSA) is 43.1 Å². The molecule has 0 fully saturated rings. The summed E-state index contributed by atoms with van der Waals surface area (Å²) in [5.41, 5.74) is -3.31. The zero-order valence-corrected chi connectivity index (χ0v) is 13.3. The molecule has 1 aromatic rings. The van der Waals surface area contributed by atoms with Crippen molar-refractivity contribution in [2.45, 2.75) is 27.9 Å². The Morgan fingerprint density at radius 2 is 1.17 bits per heavy atom. The molecule has 24 heavy (non-hydrogen) atoms.